The quantitative estimate of drug-likeness (QED) is 0.431. The molecule has 9 heavy (non-hydrogen) atoms. The SMILES string of the molecule is C[C@@H](N)CCO[N+](=O)[O-]. The van der Waals surface area contributed by atoms with Crippen molar-refractivity contribution in [3.05, 3.63) is 10.1 Å². The van der Waals surface area contributed by atoms with Crippen LogP contribution in [0.15, 0.2) is 0 Å². The first kappa shape index (κ1) is 8.16. The minimum Gasteiger partial charge on any atom is -0.328 e. The van der Waals surface area contributed by atoms with Gasteiger partial charge in [-0.2, -0.15) is 0 Å². The Morgan fingerprint density at radius 1 is 1.89 bits per heavy atom. The van der Waals surface area contributed by atoms with Crippen molar-refractivity contribution in [3.63, 3.8) is 0 Å². The van der Waals surface area contributed by atoms with Crippen molar-refractivity contribution in [2.75, 3.05) is 6.61 Å². The van der Waals surface area contributed by atoms with Crippen LogP contribution >= 0.6 is 0 Å². The van der Waals surface area contributed by atoms with Gasteiger partial charge in [0.05, 0.1) is 6.61 Å². The third-order valence-electron chi connectivity index (χ3n) is 0.770. The molecule has 1 atom stereocenters. The number of hydrogen-bond donors (Lipinski definition) is 1. The third-order valence-corrected chi connectivity index (χ3v) is 0.770. The van der Waals surface area contributed by atoms with Gasteiger partial charge in [0.25, 0.3) is 5.09 Å². The molecule has 0 aromatic carbocycles. The van der Waals surface area contributed by atoms with Crippen LogP contribution < -0.4 is 5.73 Å². The maximum Gasteiger partial charge on any atom is 0.294 e. The molecule has 0 aliphatic rings. The van der Waals surface area contributed by atoms with E-state index in [1.54, 1.807) is 6.92 Å². The van der Waals surface area contributed by atoms with Crippen LogP contribution in [0.25, 0.3) is 0 Å². The fraction of sp³-hybridized carbons (Fsp3) is 1.00. The minimum atomic E-state index is -0.817. The van der Waals surface area contributed by atoms with Crippen LogP contribution in [-0.2, 0) is 4.84 Å². The van der Waals surface area contributed by atoms with E-state index in [1.807, 2.05) is 0 Å². The largest absolute Gasteiger partial charge is 0.328 e. The van der Waals surface area contributed by atoms with Gasteiger partial charge < -0.3 is 10.6 Å². The summed E-state index contributed by atoms with van der Waals surface area (Å²) in [6.45, 7) is 1.86. The second-order valence-corrected chi connectivity index (χ2v) is 1.82. The average Bonchev–Trinajstić information content (AvgIpc) is 1.63. The Morgan fingerprint density at radius 3 is 2.78 bits per heavy atom. The second kappa shape index (κ2) is 4.08. The molecule has 0 aromatic rings. The monoisotopic (exact) mass is 134 g/mol. The topological polar surface area (TPSA) is 78.4 Å². The van der Waals surface area contributed by atoms with Crippen molar-refractivity contribution >= 4 is 0 Å². The highest BCUT2D eigenvalue weighted by atomic mass is 16.9. The predicted molar refractivity (Wildman–Crippen MR) is 31.2 cm³/mol. The van der Waals surface area contributed by atoms with Gasteiger partial charge >= 0.3 is 0 Å². The summed E-state index contributed by atoms with van der Waals surface area (Å²) in [6.07, 6.45) is 0.515. The first-order valence-corrected chi connectivity index (χ1v) is 2.66. The van der Waals surface area contributed by atoms with E-state index in [0.29, 0.717) is 6.42 Å². The first-order chi connectivity index (χ1) is 4.13. The summed E-state index contributed by atoms with van der Waals surface area (Å²) in [5, 5.41) is 8.71. The summed E-state index contributed by atoms with van der Waals surface area (Å²) in [5.41, 5.74) is 5.28. The lowest BCUT2D eigenvalue weighted by Crippen LogP contribution is -2.18. The van der Waals surface area contributed by atoms with Gasteiger partial charge in [-0.25, -0.2) is 0 Å². The van der Waals surface area contributed by atoms with Gasteiger partial charge in [-0.05, 0) is 13.3 Å². The van der Waals surface area contributed by atoms with Crippen LogP contribution in [0.1, 0.15) is 13.3 Å². The summed E-state index contributed by atoms with van der Waals surface area (Å²) in [5.74, 6) is 0. The van der Waals surface area contributed by atoms with E-state index in [0.717, 1.165) is 0 Å². The third kappa shape index (κ3) is 7.16. The molecule has 0 bridgehead atoms. The van der Waals surface area contributed by atoms with Crippen LogP contribution in [0.2, 0.25) is 0 Å². The Bertz CT molecular complexity index is 93.8. The van der Waals surface area contributed by atoms with E-state index in [-0.39, 0.29) is 12.6 Å². The first-order valence-electron chi connectivity index (χ1n) is 2.66. The standard InChI is InChI=1S/C4H10N2O3/c1-4(5)2-3-9-6(7)8/h4H,2-3,5H2,1H3/t4-/m1/s1. The summed E-state index contributed by atoms with van der Waals surface area (Å²) in [4.78, 5) is 13.5. The van der Waals surface area contributed by atoms with Crippen molar-refractivity contribution in [2.45, 2.75) is 19.4 Å². The molecule has 0 aromatic heterocycles. The summed E-state index contributed by atoms with van der Waals surface area (Å²) in [7, 11) is 0. The van der Waals surface area contributed by atoms with Gasteiger partial charge in [0, 0.05) is 6.04 Å². The molecule has 0 fully saturated rings. The van der Waals surface area contributed by atoms with E-state index >= 15 is 0 Å². The average molecular weight is 134 g/mol. The minimum absolute atomic E-state index is 0.0371. The van der Waals surface area contributed by atoms with Crippen molar-refractivity contribution in [3.8, 4) is 0 Å². The number of nitrogens with two attached hydrogens (primary N) is 1. The molecule has 0 heterocycles. The summed E-state index contributed by atoms with van der Waals surface area (Å²) < 4.78 is 0. The summed E-state index contributed by atoms with van der Waals surface area (Å²) >= 11 is 0. The molecule has 2 N–H and O–H groups in total. The van der Waals surface area contributed by atoms with Crippen LogP contribution in [0, 0.1) is 10.1 Å². The molecule has 0 aliphatic carbocycles. The molecule has 5 nitrogen and oxygen atoms in total. The number of hydrogen-bond acceptors (Lipinski definition) is 4. The highest BCUT2D eigenvalue weighted by Crippen LogP contribution is 1.86. The van der Waals surface area contributed by atoms with E-state index < -0.39 is 5.09 Å². The van der Waals surface area contributed by atoms with Crippen molar-refractivity contribution < 1.29 is 9.92 Å². The normalized spacial score (nSPS) is 12.7. The lowest BCUT2D eigenvalue weighted by molar-refractivity contribution is -0.757. The zero-order valence-corrected chi connectivity index (χ0v) is 5.24. The molecule has 0 saturated heterocycles. The molecule has 0 unspecified atom stereocenters. The van der Waals surface area contributed by atoms with E-state index in [1.165, 1.54) is 0 Å². The van der Waals surface area contributed by atoms with E-state index in [2.05, 4.69) is 4.84 Å². The van der Waals surface area contributed by atoms with Gasteiger partial charge in [0.2, 0.25) is 0 Å². The van der Waals surface area contributed by atoms with E-state index in [4.69, 9.17) is 5.73 Å². The molecule has 0 amide bonds. The maximum absolute atomic E-state index is 9.52. The van der Waals surface area contributed by atoms with Crippen molar-refractivity contribution in [2.24, 2.45) is 5.73 Å². The Balaban J connectivity index is 3.01. The summed E-state index contributed by atoms with van der Waals surface area (Å²) in [6, 6.07) is -0.0371. The van der Waals surface area contributed by atoms with Crippen LogP contribution in [0.3, 0.4) is 0 Å². The Hall–Kier alpha value is -0.840. The van der Waals surface area contributed by atoms with Crippen LogP contribution in [-0.4, -0.2) is 17.7 Å². The highest BCUT2D eigenvalue weighted by molar-refractivity contribution is 4.48. The second-order valence-electron chi connectivity index (χ2n) is 1.82. The molecule has 0 spiro atoms. The van der Waals surface area contributed by atoms with Crippen molar-refractivity contribution in [1.29, 1.82) is 0 Å². The Kier molecular flexibility index (Phi) is 3.70. The van der Waals surface area contributed by atoms with Gasteiger partial charge in [-0.15, -0.1) is 10.1 Å². The fourth-order valence-electron chi connectivity index (χ4n) is 0.313. The zero-order chi connectivity index (χ0) is 7.28. The van der Waals surface area contributed by atoms with Crippen molar-refractivity contribution in [1.82, 2.24) is 0 Å². The number of rotatable bonds is 4. The lowest BCUT2D eigenvalue weighted by atomic mass is 10.3. The maximum atomic E-state index is 9.52. The predicted octanol–water partition coefficient (Wildman–Crippen LogP) is -0.0680. The smallest absolute Gasteiger partial charge is 0.294 e. The molecular formula is C4H10N2O3. The van der Waals surface area contributed by atoms with Crippen LogP contribution in [0.5, 0.6) is 0 Å². The number of nitrogens with zero attached hydrogens (tertiary/aromatic N) is 1. The highest BCUT2D eigenvalue weighted by Gasteiger charge is 1.96. The molecule has 0 aliphatic heterocycles. The van der Waals surface area contributed by atoms with Crippen LogP contribution in [0.4, 0.5) is 0 Å². The molecule has 54 valence electrons. The molecule has 0 radical (unpaired) electrons. The van der Waals surface area contributed by atoms with Gasteiger partial charge in [0.15, 0.2) is 0 Å². The lowest BCUT2D eigenvalue weighted by Gasteiger charge is -2.00. The molecule has 5 heteroatoms. The molecular weight excluding hydrogens is 124 g/mol. The van der Waals surface area contributed by atoms with E-state index in [9.17, 15) is 10.1 Å². The fourth-order valence-corrected chi connectivity index (χ4v) is 0.313. The van der Waals surface area contributed by atoms with Gasteiger partial charge in [-0.1, -0.05) is 0 Å². The Labute approximate surface area is 52.9 Å². The Morgan fingerprint density at radius 2 is 2.44 bits per heavy atom. The van der Waals surface area contributed by atoms with Gasteiger partial charge in [0.1, 0.15) is 0 Å². The van der Waals surface area contributed by atoms with Gasteiger partial charge in [-0.3, -0.25) is 0 Å². The molecule has 0 saturated carbocycles. The zero-order valence-electron chi connectivity index (χ0n) is 5.24. The molecule has 0 rings (SSSR count).